The number of carbonyl (C=O) groups is 1. The molecular weight excluding hydrogens is 389 g/mol. The van der Waals surface area contributed by atoms with E-state index in [1.807, 2.05) is 57.2 Å². The first-order valence-electron chi connectivity index (χ1n) is 7.18. The molecular formula is C18H20INO2. The fourth-order valence-corrected chi connectivity index (χ4v) is 2.74. The molecule has 0 bridgehead atoms. The molecule has 116 valence electrons. The second-order valence-corrected chi connectivity index (χ2v) is 6.65. The van der Waals surface area contributed by atoms with Crippen molar-refractivity contribution in [1.29, 1.82) is 0 Å². The summed E-state index contributed by atoms with van der Waals surface area (Å²) in [4.78, 5) is 12.3. The maximum Gasteiger partial charge on any atom is 0.265 e. The van der Waals surface area contributed by atoms with E-state index in [9.17, 15) is 4.79 Å². The molecule has 1 N–H and O–H groups in total. The lowest BCUT2D eigenvalue weighted by atomic mass is 10.1. The molecule has 0 saturated carbocycles. The lowest BCUT2D eigenvalue weighted by molar-refractivity contribution is -0.122. The van der Waals surface area contributed by atoms with E-state index < -0.39 is 6.10 Å². The van der Waals surface area contributed by atoms with Crippen LogP contribution in [0.5, 0.6) is 5.75 Å². The molecule has 2 aromatic carbocycles. The summed E-state index contributed by atoms with van der Waals surface area (Å²) in [5, 5.41) is 2.92. The Labute approximate surface area is 145 Å². The van der Waals surface area contributed by atoms with Gasteiger partial charge >= 0.3 is 0 Å². The molecule has 1 amide bonds. The van der Waals surface area contributed by atoms with Crippen molar-refractivity contribution in [3.63, 3.8) is 0 Å². The minimum Gasteiger partial charge on any atom is -0.481 e. The monoisotopic (exact) mass is 409 g/mol. The molecule has 1 atom stereocenters. The predicted molar refractivity (Wildman–Crippen MR) is 98.5 cm³/mol. The molecule has 0 spiro atoms. The Balaban J connectivity index is 2.07. The molecule has 2 aromatic rings. The van der Waals surface area contributed by atoms with E-state index in [2.05, 4.69) is 27.9 Å². The first-order valence-corrected chi connectivity index (χ1v) is 8.26. The fraction of sp³-hybridized carbons (Fsp3) is 0.278. The summed E-state index contributed by atoms with van der Waals surface area (Å²) in [6, 6.07) is 11.8. The van der Waals surface area contributed by atoms with Gasteiger partial charge in [-0.1, -0.05) is 12.1 Å². The summed E-state index contributed by atoms with van der Waals surface area (Å²) < 4.78 is 6.96. The third-order valence-electron chi connectivity index (χ3n) is 3.67. The molecule has 0 aliphatic heterocycles. The molecule has 0 radical (unpaired) electrons. The van der Waals surface area contributed by atoms with Crippen LogP contribution in [0.3, 0.4) is 0 Å². The van der Waals surface area contributed by atoms with Gasteiger partial charge in [-0.2, -0.15) is 0 Å². The Morgan fingerprint density at radius 1 is 1.14 bits per heavy atom. The van der Waals surface area contributed by atoms with E-state index in [0.717, 1.165) is 31.7 Å². The molecule has 0 fully saturated rings. The van der Waals surface area contributed by atoms with E-state index in [-0.39, 0.29) is 5.91 Å². The van der Waals surface area contributed by atoms with Gasteiger partial charge in [0.1, 0.15) is 5.75 Å². The van der Waals surface area contributed by atoms with Crippen molar-refractivity contribution in [1.82, 2.24) is 0 Å². The minimum atomic E-state index is -0.556. The average molecular weight is 409 g/mol. The first kappa shape index (κ1) is 16.8. The number of rotatable bonds is 4. The van der Waals surface area contributed by atoms with Gasteiger partial charge in [-0.25, -0.2) is 0 Å². The van der Waals surface area contributed by atoms with Gasteiger partial charge in [0.25, 0.3) is 5.91 Å². The van der Waals surface area contributed by atoms with Crippen LogP contribution in [0.25, 0.3) is 0 Å². The molecule has 0 heterocycles. The van der Waals surface area contributed by atoms with Crippen LogP contribution in [-0.4, -0.2) is 12.0 Å². The molecule has 0 saturated heterocycles. The van der Waals surface area contributed by atoms with Crippen LogP contribution < -0.4 is 10.1 Å². The van der Waals surface area contributed by atoms with Gasteiger partial charge in [0.2, 0.25) is 0 Å². The zero-order chi connectivity index (χ0) is 16.3. The lowest BCUT2D eigenvalue weighted by Gasteiger charge is -2.18. The van der Waals surface area contributed by atoms with Crippen LogP contribution in [0, 0.1) is 24.3 Å². The minimum absolute atomic E-state index is 0.148. The SMILES string of the molecule is Cc1cc(I)ccc1NC(=O)C(C)Oc1cccc(C)c1C. The van der Waals surface area contributed by atoms with Crippen LogP contribution in [0.1, 0.15) is 23.6 Å². The number of ether oxygens (including phenoxy) is 1. The molecule has 0 aliphatic carbocycles. The number of aryl methyl sites for hydroxylation is 2. The predicted octanol–water partition coefficient (Wildman–Crippen LogP) is 4.62. The quantitative estimate of drug-likeness (QED) is 0.749. The number of hydrogen-bond donors (Lipinski definition) is 1. The molecule has 1 unspecified atom stereocenters. The number of halogens is 1. The number of carbonyl (C=O) groups excluding carboxylic acids is 1. The van der Waals surface area contributed by atoms with Crippen molar-refractivity contribution in [3.8, 4) is 5.75 Å². The van der Waals surface area contributed by atoms with Gasteiger partial charge in [0.05, 0.1) is 0 Å². The molecule has 0 aromatic heterocycles. The van der Waals surface area contributed by atoms with Crippen LogP contribution in [0.15, 0.2) is 36.4 Å². The maximum atomic E-state index is 12.3. The standard InChI is InChI=1S/C18H20INO2/c1-11-6-5-7-17(13(11)3)22-14(4)18(21)20-16-9-8-15(19)10-12(16)2/h5-10,14H,1-4H3,(H,20,21). The summed E-state index contributed by atoms with van der Waals surface area (Å²) in [5.74, 6) is 0.604. The maximum absolute atomic E-state index is 12.3. The smallest absolute Gasteiger partial charge is 0.265 e. The third kappa shape index (κ3) is 4.00. The Bertz CT molecular complexity index is 697. The number of amides is 1. The molecule has 2 rings (SSSR count). The van der Waals surface area contributed by atoms with Crippen molar-refractivity contribution in [2.24, 2.45) is 0 Å². The van der Waals surface area contributed by atoms with E-state index in [0.29, 0.717) is 0 Å². The second-order valence-electron chi connectivity index (χ2n) is 5.41. The molecule has 0 aliphatic rings. The fourth-order valence-electron chi connectivity index (χ4n) is 2.10. The summed E-state index contributed by atoms with van der Waals surface area (Å²) >= 11 is 2.25. The van der Waals surface area contributed by atoms with Crippen molar-refractivity contribution in [2.75, 3.05) is 5.32 Å². The van der Waals surface area contributed by atoms with Crippen molar-refractivity contribution >= 4 is 34.2 Å². The largest absolute Gasteiger partial charge is 0.481 e. The second kappa shape index (κ2) is 7.13. The zero-order valence-electron chi connectivity index (χ0n) is 13.2. The molecule has 4 heteroatoms. The number of nitrogens with one attached hydrogen (secondary N) is 1. The van der Waals surface area contributed by atoms with Crippen LogP contribution in [0.4, 0.5) is 5.69 Å². The first-order chi connectivity index (χ1) is 10.4. The van der Waals surface area contributed by atoms with Gasteiger partial charge in [0, 0.05) is 9.26 Å². The van der Waals surface area contributed by atoms with Crippen molar-refractivity contribution in [3.05, 3.63) is 56.7 Å². The van der Waals surface area contributed by atoms with Crippen LogP contribution in [-0.2, 0) is 4.79 Å². The highest BCUT2D eigenvalue weighted by atomic mass is 127. The Hall–Kier alpha value is -1.56. The Morgan fingerprint density at radius 3 is 2.55 bits per heavy atom. The molecule has 22 heavy (non-hydrogen) atoms. The van der Waals surface area contributed by atoms with Gasteiger partial charge in [-0.05, 0) is 91.2 Å². The zero-order valence-corrected chi connectivity index (χ0v) is 15.4. The number of benzene rings is 2. The van der Waals surface area contributed by atoms with Gasteiger partial charge in [-0.3, -0.25) is 4.79 Å². The summed E-state index contributed by atoms with van der Waals surface area (Å²) in [6.45, 7) is 7.77. The van der Waals surface area contributed by atoms with Crippen molar-refractivity contribution in [2.45, 2.75) is 33.8 Å². The third-order valence-corrected chi connectivity index (χ3v) is 4.35. The highest BCUT2D eigenvalue weighted by Crippen LogP contribution is 2.23. The van der Waals surface area contributed by atoms with Crippen LogP contribution in [0.2, 0.25) is 0 Å². The topological polar surface area (TPSA) is 38.3 Å². The number of anilines is 1. The molecule has 3 nitrogen and oxygen atoms in total. The van der Waals surface area contributed by atoms with E-state index in [4.69, 9.17) is 4.74 Å². The van der Waals surface area contributed by atoms with Gasteiger partial charge < -0.3 is 10.1 Å². The van der Waals surface area contributed by atoms with Crippen molar-refractivity contribution < 1.29 is 9.53 Å². The summed E-state index contributed by atoms with van der Waals surface area (Å²) in [7, 11) is 0. The van der Waals surface area contributed by atoms with E-state index in [1.165, 1.54) is 0 Å². The normalized spacial score (nSPS) is 11.9. The van der Waals surface area contributed by atoms with Gasteiger partial charge in [-0.15, -0.1) is 0 Å². The van der Waals surface area contributed by atoms with Gasteiger partial charge in [0.15, 0.2) is 6.10 Å². The summed E-state index contributed by atoms with van der Waals surface area (Å²) in [6.07, 6.45) is -0.556. The average Bonchev–Trinajstić information content (AvgIpc) is 2.46. The highest BCUT2D eigenvalue weighted by Gasteiger charge is 2.17. The lowest BCUT2D eigenvalue weighted by Crippen LogP contribution is -2.30. The Kier molecular flexibility index (Phi) is 5.45. The van der Waals surface area contributed by atoms with E-state index >= 15 is 0 Å². The summed E-state index contributed by atoms with van der Waals surface area (Å²) in [5.41, 5.74) is 4.08. The number of hydrogen-bond acceptors (Lipinski definition) is 2. The van der Waals surface area contributed by atoms with Crippen LogP contribution >= 0.6 is 22.6 Å². The highest BCUT2D eigenvalue weighted by molar-refractivity contribution is 14.1. The van der Waals surface area contributed by atoms with E-state index in [1.54, 1.807) is 6.92 Å². The Morgan fingerprint density at radius 2 is 1.86 bits per heavy atom.